The van der Waals surface area contributed by atoms with Crippen LogP contribution in [-0.2, 0) is 5.88 Å². The minimum atomic E-state index is -0.0332. The fraction of sp³-hybridized carbons (Fsp3) is 0.500. The molecule has 0 aromatic heterocycles. The molecule has 18 heavy (non-hydrogen) atoms. The van der Waals surface area contributed by atoms with Crippen molar-refractivity contribution >= 4 is 17.5 Å². The van der Waals surface area contributed by atoms with Gasteiger partial charge in [0.15, 0.2) is 0 Å². The highest BCUT2D eigenvalue weighted by molar-refractivity contribution is 6.17. The van der Waals surface area contributed by atoms with Gasteiger partial charge in [-0.05, 0) is 30.8 Å². The maximum atomic E-state index is 11.9. The third-order valence-corrected chi connectivity index (χ3v) is 3.26. The standard InChI is InChI=1S/C14H21ClN2O/c1-3-17(4-2)9-8-16-14(18)13-7-5-6-12(10-13)11-15/h5-7,10H,3-4,8-9,11H2,1-2H3,(H,16,18). The van der Waals surface area contributed by atoms with E-state index < -0.39 is 0 Å². The number of rotatable bonds is 7. The second-order valence-electron chi connectivity index (χ2n) is 4.12. The largest absolute Gasteiger partial charge is 0.351 e. The molecule has 1 aromatic rings. The first-order valence-electron chi connectivity index (χ1n) is 6.36. The molecule has 0 bridgehead atoms. The van der Waals surface area contributed by atoms with E-state index in [4.69, 9.17) is 11.6 Å². The number of alkyl halides is 1. The minimum absolute atomic E-state index is 0.0332. The van der Waals surface area contributed by atoms with Crippen LogP contribution in [0.25, 0.3) is 0 Å². The number of hydrogen-bond acceptors (Lipinski definition) is 2. The molecule has 0 atom stereocenters. The van der Waals surface area contributed by atoms with Crippen LogP contribution in [0.5, 0.6) is 0 Å². The summed E-state index contributed by atoms with van der Waals surface area (Å²) in [6.45, 7) is 7.81. The molecule has 0 unspecified atom stereocenters. The molecule has 0 saturated heterocycles. The van der Waals surface area contributed by atoms with Crippen molar-refractivity contribution < 1.29 is 4.79 Å². The average Bonchev–Trinajstić information content (AvgIpc) is 2.43. The smallest absolute Gasteiger partial charge is 0.251 e. The Morgan fingerprint density at radius 3 is 2.67 bits per heavy atom. The van der Waals surface area contributed by atoms with Crippen molar-refractivity contribution in [1.29, 1.82) is 0 Å². The molecule has 0 aliphatic rings. The summed E-state index contributed by atoms with van der Waals surface area (Å²) >= 11 is 5.75. The molecule has 0 saturated carbocycles. The van der Waals surface area contributed by atoms with E-state index in [1.807, 2.05) is 24.3 Å². The molecular formula is C14H21ClN2O. The summed E-state index contributed by atoms with van der Waals surface area (Å²) < 4.78 is 0. The van der Waals surface area contributed by atoms with E-state index in [0.717, 1.165) is 25.2 Å². The number of halogens is 1. The van der Waals surface area contributed by atoms with Crippen LogP contribution in [0.15, 0.2) is 24.3 Å². The molecule has 1 N–H and O–H groups in total. The minimum Gasteiger partial charge on any atom is -0.351 e. The first-order chi connectivity index (χ1) is 8.71. The lowest BCUT2D eigenvalue weighted by molar-refractivity contribution is 0.0949. The van der Waals surface area contributed by atoms with Gasteiger partial charge in [0.25, 0.3) is 5.91 Å². The van der Waals surface area contributed by atoms with E-state index in [9.17, 15) is 4.79 Å². The molecule has 1 aromatic carbocycles. The zero-order chi connectivity index (χ0) is 13.4. The van der Waals surface area contributed by atoms with Crippen molar-refractivity contribution in [1.82, 2.24) is 10.2 Å². The highest BCUT2D eigenvalue weighted by atomic mass is 35.5. The molecule has 0 radical (unpaired) electrons. The van der Waals surface area contributed by atoms with E-state index in [1.165, 1.54) is 0 Å². The van der Waals surface area contributed by atoms with Crippen LogP contribution in [-0.4, -0.2) is 37.0 Å². The predicted molar refractivity (Wildman–Crippen MR) is 76.1 cm³/mol. The van der Waals surface area contributed by atoms with Crippen molar-refractivity contribution in [3.63, 3.8) is 0 Å². The molecule has 0 spiro atoms. The summed E-state index contributed by atoms with van der Waals surface area (Å²) in [5.74, 6) is 0.398. The van der Waals surface area contributed by atoms with Gasteiger partial charge in [-0.15, -0.1) is 11.6 Å². The Labute approximate surface area is 114 Å². The molecule has 1 amide bonds. The lowest BCUT2D eigenvalue weighted by Crippen LogP contribution is -2.34. The maximum Gasteiger partial charge on any atom is 0.251 e. The van der Waals surface area contributed by atoms with Gasteiger partial charge in [0.05, 0.1) is 0 Å². The van der Waals surface area contributed by atoms with E-state index in [-0.39, 0.29) is 5.91 Å². The lowest BCUT2D eigenvalue weighted by Gasteiger charge is -2.18. The second kappa shape index (κ2) is 8.11. The van der Waals surface area contributed by atoms with Crippen molar-refractivity contribution in [3.05, 3.63) is 35.4 Å². The van der Waals surface area contributed by atoms with Gasteiger partial charge in [-0.3, -0.25) is 4.79 Å². The van der Waals surface area contributed by atoms with Crippen LogP contribution in [0.4, 0.5) is 0 Å². The van der Waals surface area contributed by atoms with Gasteiger partial charge < -0.3 is 10.2 Å². The Hall–Kier alpha value is -1.06. The van der Waals surface area contributed by atoms with Gasteiger partial charge in [-0.2, -0.15) is 0 Å². The summed E-state index contributed by atoms with van der Waals surface area (Å²) in [6, 6.07) is 7.42. The number of carbonyl (C=O) groups excluding carboxylic acids is 1. The Bertz CT molecular complexity index is 378. The number of amides is 1. The fourth-order valence-electron chi connectivity index (χ4n) is 1.77. The third kappa shape index (κ3) is 4.67. The number of likely N-dealkylation sites (N-methyl/N-ethyl adjacent to an activating group) is 1. The summed E-state index contributed by atoms with van der Waals surface area (Å²) in [5, 5.41) is 2.93. The average molecular weight is 269 g/mol. The molecule has 0 aliphatic carbocycles. The van der Waals surface area contributed by atoms with E-state index >= 15 is 0 Å². The number of nitrogens with zero attached hydrogens (tertiary/aromatic N) is 1. The van der Waals surface area contributed by atoms with Crippen LogP contribution >= 0.6 is 11.6 Å². The molecule has 100 valence electrons. The first kappa shape index (κ1) is 15.0. The Morgan fingerprint density at radius 1 is 1.33 bits per heavy atom. The Morgan fingerprint density at radius 2 is 2.06 bits per heavy atom. The Kier molecular flexibility index (Phi) is 6.76. The van der Waals surface area contributed by atoms with Crippen LogP contribution in [0.1, 0.15) is 29.8 Å². The van der Waals surface area contributed by atoms with Crippen LogP contribution in [0.2, 0.25) is 0 Å². The fourth-order valence-corrected chi connectivity index (χ4v) is 1.93. The second-order valence-corrected chi connectivity index (χ2v) is 4.38. The number of carbonyl (C=O) groups is 1. The van der Waals surface area contributed by atoms with Crippen molar-refractivity contribution in [2.24, 2.45) is 0 Å². The molecule has 4 heteroatoms. The van der Waals surface area contributed by atoms with Gasteiger partial charge >= 0.3 is 0 Å². The normalized spacial score (nSPS) is 10.7. The van der Waals surface area contributed by atoms with Gasteiger partial charge in [-0.25, -0.2) is 0 Å². The van der Waals surface area contributed by atoms with Gasteiger partial charge in [0.2, 0.25) is 0 Å². The van der Waals surface area contributed by atoms with E-state index in [2.05, 4.69) is 24.1 Å². The number of nitrogens with one attached hydrogen (secondary N) is 1. The third-order valence-electron chi connectivity index (χ3n) is 2.95. The topological polar surface area (TPSA) is 32.3 Å². The molecule has 0 fully saturated rings. The van der Waals surface area contributed by atoms with Crippen LogP contribution in [0.3, 0.4) is 0 Å². The lowest BCUT2D eigenvalue weighted by atomic mass is 10.1. The monoisotopic (exact) mass is 268 g/mol. The van der Waals surface area contributed by atoms with Gasteiger partial charge in [-0.1, -0.05) is 26.0 Å². The highest BCUT2D eigenvalue weighted by Crippen LogP contribution is 2.07. The first-order valence-corrected chi connectivity index (χ1v) is 6.90. The van der Waals surface area contributed by atoms with Crippen molar-refractivity contribution in [2.75, 3.05) is 26.2 Å². The molecule has 0 aliphatic heterocycles. The van der Waals surface area contributed by atoms with Gasteiger partial charge in [0.1, 0.15) is 0 Å². The molecule has 0 heterocycles. The maximum absolute atomic E-state index is 11.9. The van der Waals surface area contributed by atoms with Crippen molar-refractivity contribution in [3.8, 4) is 0 Å². The highest BCUT2D eigenvalue weighted by Gasteiger charge is 2.06. The summed E-state index contributed by atoms with van der Waals surface area (Å²) in [7, 11) is 0. The van der Waals surface area contributed by atoms with E-state index in [1.54, 1.807) is 0 Å². The number of benzene rings is 1. The molecular weight excluding hydrogens is 248 g/mol. The summed E-state index contributed by atoms with van der Waals surface area (Å²) in [4.78, 5) is 14.2. The van der Waals surface area contributed by atoms with Crippen LogP contribution in [0, 0.1) is 0 Å². The summed E-state index contributed by atoms with van der Waals surface area (Å²) in [6.07, 6.45) is 0. The van der Waals surface area contributed by atoms with Crippen LogP contribution < -0.4 is 5.32 Å². The van der Waals surface area contributed by atoms with Crippen molar-refractivity contribution in [2.45, 2.75) is 19.7 Å². The SMILES string of the molecule is CCN(CC)CCNC(=O)c1cccc(CCl)c1. The number of hydrogen-bond donors (Lipinski definition) is 1. The molecule has 1 rings (SSSR count). The zero-order valence-corrected chi connectivity index (χ0v) is 11.8. The Balaban J connectivity index is 2.45. The summed E-state index contributed by atoms with van der Waals surface area (Å²) in [5.41, 5.74) is 1.64. The van der Waals surface area contributed by atoms with E-state index in [0.29, 0.717) is 18.0 Å². The zero-order valence-electron chi connectivity index (χ0n) is 11.1. The quantitative estimate of drug-likeness (QED) is 0.771. The van der Waals surface area contributed by atoms with Gasteiger partial charge in [0, 0.05) is 24.5 Å². The molecule has 3 nitrogen and oxygen atoms in total. The predicted octanol–water partition coefficient (Wildman–Crippen LogP) is 2.50.